The summed E-state index contributed by atoms with van der Waals surface area (Å²) in [4.78, 5) is 25.8. The minimum Gasteiger partial charge on any atom is -0.383 e. The molecular weight excluding hydrogens is 304 g/mol. The molecule has 0 radical (unpaired) electrons. The van der Waals surface area contributed by atoms with Gasteiger partial charge in [-0.15, -0.1) is 0 Å². The van der Waals surface area contributed by atoms with Crippen molar-refractivity contribution in [1.82, 2.24) is 15.0 Å². The molecule has 5 N–H and O–H groups in total. The second kappa shape index (κ2) is 5.85. The number of benzene rings is 1. The molecule has 0 aliphatic carbocycles. The van der Waals surface area contributed by atoms with E-state index in [1.807, 2.05) is 31.2 Å². The predicted octanol–water partition coefficient (Wildman–Crippen LogP) is 2.26. The summed E-state index contributed by atoms with van der Waals surface area (Å²) in [5.74, 6) is -0.479. The molecule has 7 nitrogen and oxygen atoms in total. The van der Waals surface area contributed by atoms with Gasteiger partial charge in [-0.05, 0) is 18.6 Å². The van der Waals surface area contributed by atoms with Crippen LogP contribution in [-0.4, -0.2) is 20.9 Å². The maximum Gasteiger partial charge on any atom is 0.251 e. The Balaban J connectivity index is 2.36. The normalized spacial score (nSPS) is 11.4. The van der Waals surface area contributed by atoms with Gasteiger partial charge in [0, 0.05) is 11.3 Å². The van der Waals surface area contributed by atoms with E-state index in [0.29, 0.717) is 22.5 Å². The summed E-state index contributed by atoms with van der Waals surface area (Å²) in [6.45, 7) is 9.10. The Morgan fingerprint density at radius 1 is 1.29 bits per heavy atom. The lowest BCUT2D eigenvalue weighted by Crippen LogP contribution is -2.11. The Labute approximate surface area is 137 Å². The van der Waals surface area contributed by atoms with Crippen LogP contribution in [0.5, 0.6) is 0 Å². The van der Waals surface area contributed by atoms with Gasteiger partial charge >= 0.3 is 0 Å². The second-order valence-corrected chi connectivity index (χ2v) is 5.27. The Bertz CT molecular complexity index is 1010. The van der Waals surface area contributed by atoms with Gasteiger partial charge in [0.2, 0.25) is 5.91 Å². The fourth-order valence-electron chi connectivity index (χ4n) is 2.49. The summed E-state index contributed by atoms with van der Waals surface area (Å²) in [7, 11) is 0. The zero-order valence-corrected chi connectivity index (χ0v) is 12.9. The highest BCUT2D eigenvalue weighted by atomic mass is 16.1. The molecule has 0 aliphatic rings. The molecule has 0 unspecified atom stereocenters. The standard InChI is InChI=1S/C17H14N6O/c1-9-3-5-10(6-4-9)13-11(7-12(20-2)16(19)24)23-17-14(13)15(18)21-8-22-17/h3-8H,1H3,(H2,19,24)(H3,18,21,22,23)/b12-7-. The second-order valence-electron chi connectivity index (χ2n) is 5.27. The Kier molecular flexibility index (Phi) is 3.72. The van der Waals surface area contributed by atoms with Crippen molar-refractivity contribution in [2.75, 3.05) is 5.73 Å². The molecule has 7 heteroatoms. The first kappa shape index (κ1) is 15.2. The summed E-state index contributed by atoms with van der Waals surface area (Å²) in [5, 5.41) is 0.640. The average Bonchev–Trinajstić information content (AvgIpc) is 2.92. The number of aryl methyl sites for hydroxylation is 1. The molecule has 2 heterocycles. The fourth-order valence-corrected chi connectivity index (χ4v) is 2.49. The lowest BCUT2D eigenvalue weighted by molar-refractivity contribution is -0.114. The van der Waals surface area contributed by atoms with Gasteiger partial charge in [0.15, 0.2) is 0 Å². The Hall–Kier alpha value is -3.66. The molecule has 118 valence electrons. The number of fused-ring (bicyclic) bond motifs is 1. The van der Waals surface area contributed by atoms with Crippen molar-refractivity contribution >= 4 is 28.8 Å². The number of nitrogens with one attached hydrogen (secondary N) is 1. The Morgan fingerprint density at radius 3 is 2.62 bits per heavy atom. The molecule has 3 rings (SSSR count). The Morgan fingerprint density at radius 2 is 2.00 bits per heavy atom. The zero-order chi connectivity index (χ0) is 17.3. The van der Waals surface area contributed by atoms with Crippen molar-refractivity contribution in [3.8, 4) is 11.1 Å². The molecule has 0 bridgehead atoms. The van der Waals surface area contributed by atoms with Crippen molar-refractivity contribution in [2.45, 2.75) is 6.92 Å². The van der Waals surface area contributed by atoms with Crippen molar-refractivity contribution in [3.63, 3.8) is 0 Å². The highest BCUT2D eigenvalue weighted by Gasteiger charge is 2.17. The molecule has 0 fully saturated rings. The molecule has 0 atom stereocenters. The van der Waals surface area contributed by atoms with E-state index in [2.05, 4.69) is 19.8 Å². The first-order chi connectivity index (χ1) is 11.5. The topological polar surface area (TPSA) is 115 Å². The monoisotopic (exact) mass is 318 g/mol. The van der Waals surface area contributed by atoms with E-state index in [4.69, 9.17) is 18.0 Å². The third-order valence-electron chi connectivity index (χ3n) is 3.64. The van der Waals surface area contributed by atoms with Crippen LogP contribution in [0.4, 0.5) is 5.82 Å². The number of carbonyl (C=O) groups is 1. The molecule has 1 amide bonds. The van der Waals surface area contributed by atoms with Crippen molar-refractivity contribution < 1.29 is 4.79 Å². The van der Waals surface area contributed by atoms with Crippen LogP contribution < -0.4 is 11.5 Å². The molecule has 2 aromatic heterocycles. The number of aromatic amines is 1. The van der Waals surface area contributed by atoms with Gasteiger partial charge in [-0.2, -0.15) is 0 Å². The third kappa shape index (κ3) is 2.57. The molecule has 0 saturated heterocycles. The lowest BCUT2D eigenvalue weighted by Gasteiger charge is -2.04. The van der Waals surface area contributed by atoms with E-state index in [0.717, 1.165) is 16.7 Å². The summed E-state index contributed by atoms with van der Waals surface area (Å²) in [5.41, 5.74) is 14.8. The quantitative estimate of drug-likeness (QED) is 0.507. The predicted molar refractivity (Wildman–Crippen MR) is 92.2 cm³/mol. The van der Waals surface area contributed by atoms with Crippen LogP contribution in [0.3, 0.4) is 0 Å². The number of nitrogens with two attached hydrogens (primary N) is 2. The van der Waals surface area contributed by atoms with E-state index in [1.54, 1.807) is 0 Å². The van der Waals surface area contributed by atoms with E-state index >= 15 is 0 Å². The lowest BCUT2D eigenvalue weighted by atomic mass is 10.0. The van der Waals surface area contributed by atoms with E-state index in [9.17, 15) is 4.79 Å². The number of rotatable bonds is 3. The number of carbonyl (C=O) groups excluding carboxylic acids is 1. The number of H-pyrrole nitrogens is 1. The summed E-state index contributed by atoms with van der Waals surface area (Å²) in [6.07, 6.45) is 2.76. The van der Waals surface area contributed by atoms with E-state index in [-0.39, 0.29) is 5.70 Å². The maximum absolute atomic E-state index is 11.4. The molecule has 0 spiro atoms. The fraction of sp³-hybridized carbons (Fsp3) is 0.0588. The van der Waals surface area contributed by atoms with Gasteiger partial charge < -0.3 is 16.5 Å². The number of anilines is 1. The number of nitrogens with zero attached hydrogens (tertiary/aromatic N) is 3. The van der Waals surface area contributed by atoms with Crippen molar-refractivity contribution in [2.24, 2.45) is 5.73 Å². The summed E-state index contributed by atoms with van der Waals surface area (Å²) < 4.78 is 0. The third-order valence-corrected chi connectivity index (χ3v) is 3.64. The van der Waals surface area contributed by atoms with Gasteiger partial charge in [0.1, 0.15) is 17.8 Å². The largest absolute Gasteiger partial charge is 0.383 e. The van der Waals surface area contributed by atoms with Gasteiger partial charge in [-0.3, -0.25) is 4.79 Å². The van der Waals surface area contributed by atoms with Gasteiger partial charge in [-0.25, -0.2) is 14.8 Å². The summed E-state index contributed by atoms with van der Waals surface area (Å²) >= 11 is 0. The molecule has 24 heavy (non-hydrogen) atoms. The van der Waals surface area contributed by atoms with Crippen LogP contribution in [0.15, 0.2) is 36.3 Å². The van der Waals surface area contributed by atoms with Crippen LogP contribution >= 0.6 is 0 Å². The molecule has 0 aliphatic heterocycles. The number of hydrogen-bond donors (Lipinski definition) is 3. The minimum atomic E-state index is -0.794. The average molecular weight is 318 g/mol. The number of hydrogen-bond acceptors (Lipinski definition) is 4. The van der Waals surface area contributed by atoms with Gasteiger partial charge in [0.05, 0.1) is 12.0 Å². The molecule has 0 saturated carbocycles. The van der Waals surface area contributed by atoms with Gasteiger partial charge in [0.25, 0.3) is 5.70 Å². The number of primary amides is 1. The number of aromatic nitrogens is 3. The van der Waals surface area contributed by atoms with E-state index < -0.39 is 5.91 Å². The van der Waals surface area contributed by atoms with Crippen LogP contribution in [0, 0.1) is 13.5 Å². The van der Waals surface area contributed by atoms with E-state index in [1.165, 1.54) is 12.4 Å². The van der Waals surface area contributed by atoms with Crippen LogP contribution in [0.1, 0.15) is 11.3 Å². The van der Waals surface area contributed by atoms with Crippen LogP contribution in [-0.2, 0) is 4.79 Å². The molecular formula is C17H14N6O. The zero-order valence-electron chi connectivity index (χ0n) is 12.9. The molecule has 3 aromatic rings. The minimum absolute atomic E-state index is 0.179. The highest BCUT2D eigenvalue weighted by molar-refractivity contribution is 6.06. The number of nitrogen functional groups attached to an aromatic ring is 1. The first-order valence-electron chi connectivity index (χ1n) is 7.09. The van der Waals surface area contributed by atoms with Crippen molar-refractivity contribution in [1.29, 1.82) is 0 Å². The summed E-state index contributed by atoms with van der Waals surface area (Å²) in [6, 6.07) is 7.80. The molecule has 1 aromatic carbocycles. The smallest absolute Gasteiger partial charge is 0.251 e. The first-order valence-corrected chi connectivity index (χ1v) is 7.09. The highest BCUT2D eigenvalue weighted by Crippen LogP contribution is 2.35. The number of amides is 1. The van der Waals surface area contributed by atoms with Crippen molar-refractivity contribution in [3.05, 3.63) is 59.0 Å². The maximum atomic E-state index is 11.4. The van der Waals surface area contributed by atoms with Crippen LogP contribution in [0.25, 0.3) is 33.1 Å². The van der Waals surface area contributed by atoms with Gasteiger partial charge in [-0.1, -0.05) is 29.8 Å². The SMILES string of the molecule is [C-]#[N+]/C(=C\c1[nH]c2ncnc(N)c2c1-c1ccc(C)cc1)C(N)=O. The van der Waals surface area contributed by atoms with Crippen LogP contribution in [0.2, 0.25) is 0 Å².